The molecule has 3 rings (SSSR count). The summed E-state index contributed by atoms with van der Waals surface area (Å²) in [5.41, 5.74) is 5.66. The average molecular weight is 410 g/mol. The summed E-state index contributed by atoms with van der Waals surface area (Å²) in [6.45, 7) is 1.55. The Morgan fingerprint density at radius 2 is 1.34 bits per heavy atom. The van der Waals surface area contributed by atoms with Crippen LogP contribution in [0.2, 0.25) is 0 Å². The summed E-state index contributed by atoms with van der Waals surface area (Å²) in [5.74, 6) is 0.856. The van der Waals surface area contributed by atoms with E-state index in [0.717, 1.165) is 40.1 Å². The van der Waals surface area contributed by atoms with Crippen molar-refractivity contribution in [2.45, 2.75) is 6.42 Å². The van der Waals surface area contributed by atoms with Gasteiger partial charge in [0.2, 0.25) is 0 Å². The molecule has 0 unspecified atom stereocenters. The molecule has 3 aromatic rings. The summed E-state index contributed by atoms with van der Waals surface area (Å²) in [6, 6.07) is 28.8. The van der Waals surface area contributed by atoms with E-state index in [1.54, 1.807) is 0 Å². The van der Waals surface area contributed by atoms with E-state index in [0.29, 0.717) is 13.0 Å². The number of hydrogen-bond donors (Lipinski definition) is 2. The monoisotopic (exact) mass is 409 g/mol. The van der Waals surface area contributed by atoms with Gasteiger partial charge in [-0.2, -0.15) is 0 Å². The Kier molecular flexibility index (Phi) is 9.45. The van der Waals surface area contributed by atoms with Crippen molar-refractivity contribution >= 4 is 23.6 Å². The molecule has 4 heteroatoms. The molecule has 29 heavy (non-hydrogen) atoms. The molecule has 0 heterocycles. The third kappa shape index (κ3) is 6.20. The fraction of sp³-hybridized carbons (Fsp3) is 0.200. The van der Waals surface area contributed by atoms with Crippen LogP contribution in [0, 0.1) is 0 Å². The Labute approximate surface area is 179 Å². The first-order valence-electron chi connectivity index (χ1n) is 9.66. The van der Waals surface area contributed by atoms with Crippen LogP contribution in [0.15, 0.2) is 84.9 Å². The van der Waals surface area contributed by atoms with Crippen molar-refractivity contribution in [2.75, 3.05) is 26.8 Å². The zero-order valence-electron chi connectivity index (χ0n) is 16.7. The maximum Gasteiger partial charge on any atom is 0.119 e. The Morgan fingerprint density at radius 3 is 1.90 bits per heavy atom. The molecule has 0 saturated carbocycles. The lowest BCUT2D eigenvalue weighted by Crippen LogP contribution is -2.15. The van der Waals surface area contributed by atoms with Crippen molar-refractivity contribution in [1.82, 2.24) is 5.32 Å². The Balaban J connectivity index is 0.00000300. The lowest BCUT2D eigenvalue weighted by Gasteiger charge is -2.17. The topological polar surface area (TPSA) is 41.5 Å². The minimum absolute atomic E-state index is 0. The van der Waals surface area contributed by atoms with Crippen LogP contribution in [0.5, 0.6) is 5.75 Å². The first-order valence-corrected chi connectivity index (χ1v) is 9.66. The molecule has 2 N–H and O–H groups in total. The minimum Gasteiger partial charge on any atom is -0.492 e. The van der Waals surface area contributed by atoms with Crippen LogP contribution in [-0.2, 0) is 0 Å². The van der Waals surface area contributed by atoms with Crippen molar-refractivity contribution in [3.05, 3.63) is 102 Å². The number of aliphatic hydroxyl groups is 1. The maximum atomic E-state index is 9.75. The third-order valence-corrected chi connectivity index (χ3v) is 4.61. The van der Waals surface area contributed by atoms with E-state index in [4.69, 9.17) is 4.74 Å². The number of halogens is 1. The van der Waals surface area contributed by atoms with Gasteiger partial charge in [0.1, 0.15) is 12.4 Å². The van der Waals surface area contributed by atoms with Gasteiger partial charge in [-0.1, -0.05) is 72.8 Å². The van der Waals surface area contributed by atoms with Gasteiger partial charge < -0.3 is 15.2 Å². The highest BCUT2D eigenvalue weighted by Gasteiger charge is 2.14. The van der Waals surface area contributed by atoms with E-state index in [1.165, 1.54) is 0 Å². The molecule has 0 saturated heterocycles. The molecule has 0 bridgehead atoms. The predicted molar refractivity (Wildman–Crippen MR) is 124 cm³/mol. The Hall–Kier alpha value is -2.59. The van der Waals surface area contributed by atoms with Gasteiger partial charge in [0.25, 0.3) is 0 Å². The predicted octanol–water partition coefficient (Wildman–Crippen LogP) is 5.05. The summed E-state index contributed by atoms with van der Waals surface area (Å²) >= 11 is 0. The van der Waals surface area contributed by atoms with Crippen LogP contribution >= 0.6 is 12.4 Å². The first kappa shape index (κ1) is 22.7. The molecular formula is C25H28ClNO2. The third-order valence-electron chi connectivity index (χ3n) is 4.61. The molecule has 0 aliphatic carbocycles. The van der Waals surface area contributed by atoms with Crippen LogP contribution < -0.4 is 10.1 Å². The van der Waals surface area contributed by atoms with Crippen molar-refractivity contribution in [1.29, 1.82) is 0 Å². The number of benzene rings is 3. The average Bonchev–Trinajstić information content (AvgIpc) is 2.76. The lowest BCUT2D eigenvalue weighted by molar-refractivity contribution is 0.305. The van der Waals surface area contributed by atoms with Crippen molar-refractivity contribution in [3.63, 3.8) is 0 Å². The minimum atomic E-state index is 0. The molecule has 3 aromatic carbocycles. The standard InChI is InChI=1S/C25H27NO2.ClH/c1-26-17-19-28-23-14-12-22(13-15-23)25(21-10-6-3-7-11-21)24(16-18-27)20-8-4-2-5-9-20;/h2-15,26-27H,16-19H2,1H3;1H/b25-24+;. The molecule has 0 atom stereocenters. The summed E-state index contributed by atoms with van der Waals surface area (Å²) < 4.78 is 5.76. The van der Waals surface area contributed by atoms with Gasteiger partial charge in [-0.05, 0) is 53.4 Å². The molecule has 3 nitrogen and oxygen atoms in total. The smallest absolute Gasteiger partial charge is 0.119 e. The van der Waals surface area contributed by atoms with Crippen molar-refractivity contribution in [2.24, 2.45) is 0 Å². The number of hydrogen-bond acceptors (Lipinski definition) is 3. The zero-order valence-corrected chi connectivity index (χ0v) is 17.5. The number of rotatable bonds is 9. The van der Waals surface area contributed by atoms with Gasteiger partial charge >= 0.3 is 0 Å². The molecule has 0 amide bonds. The van der Waals surface area contributed by atoms with Crippen molar-refractivity contribution < 1.29 is 9.84 Å². The molecule has 0 aliphatic heterocycles. The lowest BCUT2D eigenvalue weighted by atomic mass is 9.88. The number of ether oxygens (including phenoxy) is 1. The number of likely N-dealkylation sites (N-methyl/N-ethyl adjacent to an activating group) is 1. The maximum absolute atomic E-state index is 9.75. The molecule has 0 spiro atoms. The molecule has 152 valence electrons. The summed E-state index contributed by atoms with van der Waals surface area (Å²) in [6.07, 6.45) is 0.592. The van der Waals surface area contributed by atoms with Crippen LogP contribution in [0.4, 0.5) is 0 Å². The second-order valence-corrected chi connectivity index (χ2v) is 6.54. The highest BCUT2D eigenvalue weighted by molar-refractivity contribution is 5.98. The molecular weight excluding hydrogens is 382 g/mol. The summed E-state index contributed by atoms with van der Waals surface area (Å²) in [4.78, 5) is 0. The quantitative estimate of drug-likeness (QED) is 0.384. The van der Waals surface area contributed by atoms with Crippen LogP contribution in [0.25, 0.3) is 11.1 Å². The van der Waals surface area contributed by atoms with Crippen LogP contribution in [0.1, 0.15) is 23.1 Å². The second-order valence-electron chi connectivity index (χ2n) is 6.54. The molecule has 0 fully saturated rings. The normalized spacial score (nSPS) is 11.4. The van der Waals surface area contributed by atoms with Crippen molar-refractivity contribution in [3.8, 4) is 5.75 Å². The van der Waals surface area contributed by atoms with Gasteiger partial charge in [-0.3, -0.25) is 0 Å². The van der Waals surface area contributed by atoms with Crippen LogP contribution in [-0.4, -0.2) is 31.9 Å². The molecule has 0 aliphatic rings. The highest BCUT2D eigenvalue weighted by Crippen LogP contribution is 2.34. The van der Waals surface area contributed by atoms with Gasteiger partial charge in [0, 0.05) is 13.2 Å². The largest absolute Gasteiger partial charge is 0.492 e. The number of nitrogens with one attached hydrogen (secondary N) is 1. The summed E-state index contributed by atoms with van der Waals surface area (Å²) in [7, 11) is 1.91. The SMILES string of the molecule is CNCCOc1ccc(/C(=C(\CCO)c2ccccc2)c2ccccc2)cc1.Cl. The molecule has 0 aromatic heterocycles. The van der Waals surface area contributed by atoms with Gasteiger partial charge in [-0.15, -0.1) is 12.4 Å². The van der Waals surface area contributed by atoms with E-state index < -0.39 is 0 Å². The fourth-order valence-corrected chi connectivity index (χ4v) is 3.27. The highest BCUT2D eigenvalue weighted by atomic mass is 35.5. The van der Waals surface area contributed by atoms with Gasteiger partial charge in [-0.25, -0.2) is 0 Å². The first-order chi connectivity index (χ1) is 13.8. The van der Waals surface area contributed by atoms with E-state index in [2.05, 4.69) is 41.7 Å². The number of aliphatic hydroxyl groups excluding tert-OH is 1. The zero-order chi connectivity index (χ0) is 19.6. The van der Waals surface area contributed by atoms with Gasteiger partial charge in [0.05, 0.1) is 0 Å². The van der Waals surface area contributed by atoms with E-state index >= 15 is 0 Å². The van der Waals surface area contributed by atoms with E-state index in [1.807, 2.05) is 55.6 Å². The Morgan fingerprint density at radius 1 is 0.793 bits per heavy atom. The van der Waals surface area contributed by atoms with E-state index in [9.17, 15) is 5.11 Å². The Bertz CT molecular complexity index is 878. The second kappa shape index (κ2) is 12.1. The van der Waals surface area contributed by atoms with Crippen LogP contribution in [0.3, 0.4) is 0 Å². The van der Waals surface area contributed by atoms with Gasteiger partial charge in [0.15, 0.2) is 0 Å². The summed E-state index contributed by atoms with van der Waals surface area (Å²) in [5, 5.41) is 12.8. The van der Waals surface area contributed by atoms with E-state index in [-0.39, 0.29) is 19.0 Å². The fourth-order valence-electron chi connectivity index (χ4n) is 3.27. The molecule has 0 radical (unpaired) electrons.